The van der Waals surface area contributed by atoms with E-state index < -0.39 is 5.54 Å². The van der Waals surface area contributed by atoms with Crippen LogP contribution in [-0.2, 0) is 5.54 Å². The maximum Gasteiger partial charge on any atom is 0.365 e. The predicted molar refractivity (Wildman–Crippen MR) is 111 cm³/mol. The molecule has 4 nitrogen and oxygen atoms in total. The Morgan fingerprint density at radius 3 is 1.79 bits per heavy atom. The van der Waals surface area contributed by atoms with Crippen molar-refractivity contribution in [3.63, 3.8) is 0 Å². The molecule has 0 spiro atoms. The van der Waals surface area contributed by atoms with Crippen LogP contribution in [0.5, 0.6) is 0 Å². The fourth-order valence-electron chi connectivity index (χ4n) is 4.11. The number of benzene rings is 3. The Labute approximate surface area is 163 Å². The molecule has 0 radical (unpaired) electrons. The van der Waals surface area contributed by atoms with Crippen molar-refractivity contribution >= 4 is 17.5 Å². The number of nitrogens with zero attached hydrogens (tertiary/aromatic N) is 3. The molecular weight excluding hydrogens is 346 g/mol. The van der Waals surface area contributed by atoms with Crippen molar-refractivity contribution in [3.8, 4) is 0 Å². The van der Waals surface area contributed by atoms with Gasteiger partial charge in [0.15, 0.2) is 0 Å². The number of hydrogen-bond acceptors (Lipinski definition) is 2. The lowest BCUT2D eigenvalue weighted by molar-refractivity contribution is 0.138. The molecule has 0 N–H and O–H groups in total. The van der Waals surface area contributed by atoms with Crippen molar-refractivity contribution in [2.24, 2.45) is 10.1 Å². The zero-order valence-electron chi connectivity index (χ0n) is 15.3. The molecule has 28 heavy (non-hydrogen) atoms. The first-order chi connectivity index (χ1) is 13.8. The number of carbonyl (C=O) groups excluding carboxylic acids is 1. The molecule has 0 bridgehead atoms. The number of hydrogen-bond donors (Lipinski definition) is 0. The number of fused-ring (bicyclic) bond motifs is 1. The van der Waals surface area contributed by atoms with Gasteiger partial charge < -0.3 is 0 Å². The average molecular weight is 365 g/mol. The van der Waals surface area contributed by atoms with E-state index in [1.807, 2.05) is 78.9 Å². The number of hydrazone groups is 1. The Morgan fingerprint density at radius 2 is 1.18 bits per heavy atom. The predicted octanol–water partition coefficient (Wildman–Crippen LogP) is 5.00. The summed E-state index contributed by atoms with van der Waals surface area (Å²) in [4.78, 5) is 17.4. The molecule has 0 aromatic heterocycles. The van der Waals surface area contributed by atoms with Gasteiger partial charge in [-0.15, -0.1) is 0 Å². The van der Waals surface area contributed by atoms with Crippen LogP contribution in [0.15, 0.2) is 101 Å². The summed E-state index contributed by atoms with van der Waals surface area (Å²) in [5.74, 6) is 0. The Bertz CT molecular complexity index is 1070. The highest BCUT2D eigenvalue weighted by Crippen LogP contribution is 2.45. The van der Waals surface area contributed by atoms with Crippen molar-refractivity contribution in [3.05, 3.63) is 108 Å². The van der Waals surface area contributed by atoms with Gasteiger partial charge in [0.25, 0.3) is 0 Å². The molecular formula is C24H19N3O. The van der Waals surface area contributed by atoms with Crippen LogP contribution in [0.3, 0.4) is 0 Å². The van der Waals surface area contributed by atoms with Gasteiger partial charge >= 0.3 is 6.03 Å². The zero-order chi connectivity index (χ0) is 19.0. The summed E-state index contributed by atoms with van der Waals surface area (Å²) in [6.45, 7) is 0. The summed E-state index contributed by atoms with van der Waals surface area (Å²) in [5, 5.41) is 6.33. The standard InChI is InChI=1S/C24H19N3O/c28-23-25-21(18-10-4-1-5-11-18)16-24(20-14-8-3-9-15-20)17-22(26-27(23)24)19-12-6-2-7-13-19/h1-15H,16-17H2. The van der Waals surface area contributed by atoms with Gasteiger partial charge in [0, 0.05) is 12.8 Å². The van der Waals surface area contributed by atoms with Crippen molar-refractivity contribution in [1.29, 1.82) is 0 Å². The van der Waals surface area contributed by atoms with Gasteiger partial charge in [-0.25, -0.2) is 9.80 Å². The lowest BCUT2D eigenvalue weighted by atomic mass is 9.78. The van der Waals surface area contributed by atoms with Crippen LogP contribution < -0.4 is 0 Å². The Balaban J connectivity index is 1.63. The third kappa shape index (κ3) is 2.65. The zero-order valence-corrected chi connectivity index (χ0v) is 15.3. The molecule has 0 saturated carbocycles. The maximum atomic E-state index is 13.0. The van der Waals surface area contributed by atoms with E-state index in [-0.39, 0.29) is 6.03 Å². The van der Waals surface area contributed by atoms with E-state index in [2.05, 4.69) is 17.1 Å². The normalized spacial score (nSPS) is 21.1. The van der Waals surface area contributed by atoms with Crippen molar-refractivity contribution < 1.29 is 4.79 Å². The SMILES string of the molecule is O=C1N=C(c2ccccc2)CC2(c3ccccc3)CC(c3ccccc3)=NN12. The molecule has 1 atom stereocenters. The summed E-state index contributed by atoms with van der Waals surface area (Å²) in [6, 6.07) is 29.9. The van der Waals surface area contributed by atoms with Crippen LogP contribution in [0.1, 0.15) is 29.5 Å². The molecule has 2 aliphatic rings. The highest BCUT2D eigenvalue weighted by atomic mass is 16.2. The molecule has 5 rings (SSSR count). The van der Waals surface area contributed by atoms with Crippen molar-refractivity contribution in [2.75, 3.05) is 0 Å². The van der Waals surface area contributed by atoms with Crippen LogP contribution >= 0.6 is 0 Å². The van der Waals surface area contributed by atoms with Crippen LogP contribution in [-0.4, -0.2) is 22.5 Å². The van der Waals surface area contributed by atoms with E-state index in [0.29, 0.717) is 12.8 Å². The van der Waals surface area contributed by atoms with E-state index >= 15 is 0 Å². The number of carbonyl (C=O) groups is 1. The Hall–Kier alpha value is -3.53. The van der Waals surface area contributed by atoms with Gasteiger partial charge in [-0.05, 0) is 16.7 Å². The minimum absolute atomic E-state index is 0.306. The molecule has 0 fully saturated rings. The van der Waals surface area contributed by atoms with Crippen LogP contribution in [0.2, 0.25) is 0 Å². The van der Waals surface area contributed by atoms with E-state index in [4.69, 9.17) is 5.10 Å². The van der Waals surface area contributed by atoms with E-state index in [1.165, 1.54) is 0 Å². The Morgan fingerprint density at radius 1 is 0.679 bits per heavy atom. The van der Waals surface area contributed by atoms with Gasteiger partial charge in [-0.1, -0.05) is 91.0 Å². The lowest BCUT2D eigenvalue weighted by Crippen LogP contribution is -2.47. The summed E-state index contributed by atoms with van der Waals surface area (Å²) in [7, 11) is 0. The quantitative estimate of drug-likeness (QED) is 0.644. The molecule has 2 heterocycles. The van der Waals surface area contributed by atoms with Gasteiger partial charge in [-0.3, -0.25) is 0 Å². The first kappa shape index (κ1) is 16.6. The van der Waals surface area contributed by atoms with Crippen LogP contribution in [0.4, 0.5) is 4.79 Å². The van der Waals surface area contributed by atoms with Gasteiger partial charge in [0.05, 0.1) is 11.4 Å². The fraction of sp³-hybridized carbons (Fsp3) is 0.125. The summed E-state index contributed by atoms with van der Waals surface area (Å²) in [5.41, 5.74) is 4.30. The second-order valence-electron chi connectivity index (χ2n) is 7.18. The molecule has 4 heteroatoms. The summed E-state index contributed by atoms with van der Waals surface area (Å²) in [6.07, 6.45) is 1.30. The molecule has 2 amide bonds. The first-order valence-corrected chi connectivity index (χ1v) is 9.42. The maximum absolute atomic E-state index is 13.0. The smallest absolute Gasteiger partial charge is 0.244 e. The van der Waals surface area contributed by atoms with Crippen LogP contribution in [0, 0.1) is 0 Å². The average Bonchev–Trinajstić information content (AvgIpc) is 3.17. The highest BCUT2D eigenvalue weighted by molar-refractivity contribution is 6.11. The lowest BCUT2D eigenvalue weighted by Gasteiger charge is -2.39. The molecule has 3 aromatic carbocycles. The summed E-state index contributed by atoms with van der Waals surface area (Å²) >= 11 is 0. The number of aliphatic imine (C=N–C) groups is 1. The summed E-state index contributed by atoms with van der Waals surface area (Å²) < 4.78 is 0. The molecule has 1 unspecified atom stereocenters. The Kier molecular flexibility index (Phi) is 3.90. The van der Waals surface area contributed by atoms with E-state index in [1.54, 1.807) is 5.01 Å². The second-order valence-corrected chi connectivity index (χ2v) is 7.18. The van der Waals surface area contributed by atoms with Crippen LogP contribution in [0.25, 0.3) is 0 Å². The third-order valence-corrected chi connectivity index (χ3v) is 5.48. The molecule has 3 aromatic rings. The number of rotatable bonds is 3. The third-order valence-electron chi connectivity index (χ3n) is 5.48. The number of urea groups is 1. The minimum Gasteiger partial charge on any atom is -0.244 e. The monoisotopic (exact) mass is 365 g/mol. The molecule has 2 aliphatic heterocycles. The minimum atomic E-state index is -0.545. The largest absolute Gasteiger partial charge is 0.365 e. The number of amides is 2. The van der Waals surface area contributed by atoms with Gasteiger partial charge in [0.2, 0.25) is 0 Å². The van der Waals surface area contributed by atoms with Crippen molar-refractivity contribution in [1.82, 2.24) is 5.01 Å². The molecule has 136 valence electrons. The van der Waals surface area contributed by atoms with E-state index in [9.17, 15) is 4.79 Å². The van der Waals surface area contributed by atoms with Gasteiger partial charge in [-0.2, -0.15) is 10.1 Å². The second kappa shape index (κ2) is 6.57. The molecule has 0 saturated heterocycles. The molecule has 0 aliphatic carbocycles. The van der Waals surface area contributed by atoms with Gasteiger partial charge in [0.1, 0.15) is 5.54 Å². The topological polar surface area (TPSA) is 45.0 Å². The first-order valence-electron chi connectivity index (χ1n) is 9.42. The fourth-order valence-corrected chi connectivity index (χ4v) is 4.11. The van der Waals surface area contributed by atoms with Crippen molar-refractivity contribution in [2.45, 2.75) is 18.4 Å². The highest BCUT2D eigenvalue weighted by Gasteiger charge is 2.50. The van der Waals surface area contributed by atoms with E-state index in [0.717, 1.165) is 28.1 Å².